The minimum atomic E-state index is 0. The molecule has 0 spiro atoms. The van der Waals surface area contributed by atoms with Gasteiger partial charge in [-0.05, 0) is 30.7 Å². The number of rotatable bonds is 9. The molecule has 0 aliphatic heterocycles. The van der Waals surface area contributed by atoms with Gasteiger partial charge in [-0.3, -0.25) is 4.99 Å². The summed E-state index contributed by atoms with van der Waals surface area (Å²) >= 11 is 1.77. The molecule has 0 amide bonds. The molecule has 0 saturated heterocycles. The van der Waals surface area contributed by atoms with Gasteiger partial charge >= 0.3 is 0 Å². The van der Waals surface area contributed by atoms with Crippen LogP contribution in [0.5, 0.6) is 11.5 Å². The minimum absolute atomic E-state index is 0. The highest BCUT2D eigenvalue weighted by molar-refractivity contribution is 14.0. The monoisotopic (exact) mass is 490 g/mol. The molecule has 6 nitrogen and oxygen atoms in total. The zero-order valence-corrected chi connectivity index (χ0v) is 18.6. The lowest BCUT2D eigenvalue weighted by atomic mass is 10.3. The van der Waals surface area contributed by atoms with Gasteiger partial charge in [0.05, 0.1) is 18.7 Å². The smallest absolute Gasteiger partial charge is 0.191 e. The Labute approximate surface area is 176 Å². The first kappa shape index (κ1) is 22.5. The van der Waals surface area contributed by atoms with Crippen LogP contribution < -0.4 is 20.1 Å². The van der Waals surface area contributed by atoms with Crippen LogP contribution in [-0.4, -0.2) is 44.8 Å². The number of aryl methyl sites for hydroxylation is 1. The molecule has 0 radical (unpaired) electrons. The van der Waals surface area contributed by atoms with Gasteiger partial charge in [-0.1, -0.05) is 6.92 Å². The maximum absolute atomic E-state index is 5.68. The van der Waals surface area contributed by atoms with E-state index in [1.165, 1.54) is 4.88 Å². The zero-order chi connectivity index (χ0) is 17.9. The van der Waals surface area contributed by atoms with Gasteiger partial charge in [0, 0.05) is 31.1 Å². The second-order valence-electron chi connectivity index (χ2n) is 5.27. The highest BCUT2D eigenvalue weighted by atomic mass is 127. The molecule has 2 N–H and O–H groups in total. The molecular weight excluding hydrogens is 463 g/mol. The van der Waals surface area contributed by atoms with Crippen molar-refractivity contribution in [3.63, 3.8) is 0 Å². The van der Waals surface area contributed by atoms with Crippen molar-refractivity contribution >= 4 is 41.3 Å². The molecule has 0 atom stereocenters. The normalized spacial score (nSPS) is 10.8. The number of aliphatic imine (C=N–C) groups is 1. The highest BCUT2D eigenvalue weighted by Gasteiger charge is 2.02. The molecule has 26 heavy (non-hydrogen) atoms. The average Bonchev–Trinajstić information content (AvgIpc) is 3.12. The van der Waals surface area contributed by atoms with Crippen LogP contribution in [0.15, 0.2) is 35.5 Å². The molecule has 1 heterocycles. The van der Waals surface area contributed by atoms with Gasteiger partial charge in [0.15, 0.2) is 5.96 Å². The van der Waals surface area contributed by atoms with E-state index >= 15 is 0 Å². The fourth-order valence-electron chi connectivity index (χ4n) is 2.15. The van der Waals surface area contributed by atoms with Crippen molar-refractivity contribution in [1.82, 2.24) is 15.6 Å². The van der Waals surface area contributed by atoms with Crippen LogP contribution in [0.1, 0.15) is 16.8 Å². The Kier molecular flexibility index (Phi) is 11.0. The third-order valence-corrected chi connectivity index (χ3v) is 4.73. The number of nitrogens with zero attached hydrogens (tertiary/aromatic N) is 2. The molecule has 0 unspecified atom stereocenters. The van der Waals surface area contributed by atoms with Crippen LogP contribution >= 0.6 is 35.3 Å². The summed E-state index contributed by atoms with van der Waals surface area (Å²) in [7, 11) is 3.41. The summed E-state index contributed by atoms with van der Waals surface area (Å²) in [4.78, 5) is 9.96. The van der Waals surface area contributed by atoms with Crippen molar-refractivity contribution in [1.29, 1.82) is 0 Å². The van der Waals surface area contributed by atoms with Crippen LogP contribution in [-0.2, 0) is 12.8 Å². The van der Waals surface area contributed by atoms with Crippen LogP contribution in [0.25, 0.3) is 0 Å². The largest absolute Gasteiger partial charge is 0.497 e. The Balaban J connectivity index is 0.00000338. The van der Waals surface area contributed by atoms with Gasteiger partial charge in [0.1, 0.15) is 18.1 Å². The summed E-state index contributed by atoms with van der Waals surface area (Å²) in [6, 6.07) is 7.55. The van der Waals surface area contributed by atoms with E-state index in [9.17, 15) is 0 Å². The topological polar surface area (TPSA) is 67.8 Å². The molecule has 8 heteroatoms. The predicted molar refractivity (Wildman–Crippen MR) is 118 cm³/mol. The Morgan fingerprint density at radius 1 is 1.15 bits per heavy atom. The number of aromatic nitrogens is 1. The number of guanidine groups is 1. The van der Waals surface area contributed by atoms with Gasteiger partial charge in [-0.25, -0.2) is 4.98 Å². The van der Waals surface area contributed by atoms with E-state index in [0.717, 1.165) is 41.9 Å². The number of hydrogen-bond acceptors (Lipinski definition) is 5. The van der Waals surface area contributed by atoms with Crippen molar-refractivity contribution < 1.29 is 9.47 Å². The first-order valence-corrected chi connectivity index (χ1v) is 9.21. The number of ether oxygens (including phenoxy) is 2. The number of methoxy groups -OCH3 is 1. The van der Waals surface area contributed by atoms with Crippen molar-refractivity contribution in [2.75, 3.05) is 33.9 Å². The Morgan fingerprint density at radius 2 is 1.85 bits per heavy atom. The summed E-state index contributed by atoms with van der Waals surface area (Å²) in [5.41, 5.74) is 0. The molecule has 0 aliphatic carbocycles. The van der Waals surface area contributed by atoms with E-state index in [0.29, 0.717) is 13.2 Å². The fraction of sp³-hybridized carbons (Fsp3) is 0.444. The lowest BCUT2D eigenvalue weighted by Gasteiger charge is -2.12. The lowest BCUT2D eigenvalue weighted by Crippen LogP contribution is -2.40. The van der Waals surface area contributed by atoms with Crippen molar-refractivity contribution in [2.45, 2.75) is 19.8 Å². The van der Waals surface area contributed by atoms with Gasteiger partial charge in [0.2, 0.25) is 0 Å². The van der Waals surface area contributed by atoms with Crippen LogP contribution in [0, 0.1) is 0 Å². The number of hydrogen-bond donors (Lipinski definition) is 2. The minimum Gasteiger partial charge on any atom is -0.497 e. The van der Waals surface area contributed by atoms with Gasteiger partial charge in [-0.15, -0.1) is 35.3 Å². The third-order valence-electron chi connectivity index (χ3n) is 3.53. The first-order chi connectivity index (χ1) is 12.2. The van der Waals surface area contributed by atoms with E-state index in [4.69, 9.17) is 9.47 Å². The summed E-state index contributed by atoms with van der Waals surface area (Å²) in [5, 5.41) is 7.68. The summed E-state index contributed by atoms with van der Waals surface area (Å²) in [5.74, 6) is 2.41. The summed E-state index contributed by atoms with van der Waals surface area (Å²) in [6.45, 7) is 4.17. The van der Waals surface area contributed by atoms with E-state index in [1.54, 1.807) is 25.5 Å². The molecular formula is C18H27IN4O2S. The van der Waals surface area contributed by atoms with Crippen molar-refractivity contribution in [3.05, 3.63) is 40.3 Å². The molecule has 144 valence electrons. The lowest BCUT2D eigenvalue weighted by molar-refractivity contribution is 0.321. The van der Waals surface area contributed by atoms with Gasteiger partial charge < -0.3 is 20.1 Å². The number of benzene rings is 1. The van der Waals surface area contributed by atoms with Gasteiger partial charge in [-0.2, -0.15) is 0 Å². The fourth-order valence-corrected chi connectivity index (χ4v) is 3.01. The number of thiazole rings is 1. The number of halogens is 1. The van der Waals surface area contributed by atoms with Crippen LogP contribution in [0.3, 0.4) is 0 Å². The molecule has 2 rings (SSSR count). The SMILES string of the molecule is CCc1cnc(CCNC(=NC)NCCOc2ccc(OC)cc2)s1.I. The average molecular weight is 490 g/mol. The van der Waals surface area contributed by atoms with Crippen LogP contribution in [0.2, 0.25) is 0 Å². The number of nitrogens with one attached hydrogen (secondary N) is 2. The van der Waals surface area contributed by atoms with E-state index in [2.05, 4.69) is 27.5 Å². The molecule has 1 aromatic carbocycles. The summed E-state index contributed by atoms with van der Waals surface area (Å²) in [6.07, 6.45) is 3.90. The Morgan fingerprint density at radius 3 is 2.46 bits per heavy atom. The van der Waals surface area contributed by atoms with Gasteiger partial charge in [0.25, 0.3) is 0 Å². The maximum Gasteiger partial charge on any atom is 0.191 e. The molecule has 0 fully saturated rings. The molecule has 0 saturated carbocycles. The molecule has 0 bridgehead atoms. The van der Waals surface area contributed by atoms with Crippen LogP contribution in [0.4, 0.5) is 0 Å². The Hall–Kier alpha value is -1.55. The second kappa shape index (κ2) is 12.7. The molecule has 0 aliphatic rings. The molecule has 1 aromatic heterocycles. The summed E-state index contributed by atoms with van der Waals surface area (Å²) < 4.78 is 10.8. The van der Waals surface area contributed by atoms with Crippen molar-refractivity contribution in [2.24, 2.45) is 4.99 Å². The quantitative estimate of drug-likeness (QED) is 0.245. The van der Waals surface area contributed by atoms with E-state index in [1.807, 2.05) is 30.5 Å². The predicted octanol–water partition coefficient (Wildman–Crippen LogP) is 3.12. The third kappa shape index (κ3) is 7.77. The standard InChI is InChI=1S/C18H26N4O2S.HI/c1-4-16-13-22-17(25-16)9-10-20-18(19-2)21-11-12-24-15-7-5-14(23-3)6-8-15;/h5-8,13H,4,9-12H2,1-3H3,(H2,19,20,21);1H. The molecule has 2 aromatic rings. The second-order valence-corrected chi connectivity index (χ2v) is 6.47. The highest BCUT2D eigenvalue weighted by Crippen LogP contribution is 2.16. The van der Waals surface area contributed by atoms with E-state index in [-0.39, 0.29) is 24.0 Å². The maximum atomic E-state index is 5.68. The van der Waals surface area contributed by atoms with Crippen molar-refractivity contribution in [3.8, 4) is 11.5 Å². The van der Waals surface area contributed by atoms with E-state index < -0.39 is 0 Å². The zero-order valence-electron chi connectivity index (χ0n) is 15.4. The Bertz CT molecular complexity index is 661. The first-order valence-electron chi connectivity index (χ1n) is 8.40.